The van der Waals surface area contributed by atoms with Gasteiger partial charge in [0, 0.05) is 16.5 Å². The van der Waals surface area contributed by atoms with E-state index in [4.69, 9.17) is 37.8 Å². The predicted molar refractivity (Wildman–Crippen MR) is 140 cm³/mol. The van der Waals surface area contributed by atoms with Crippen LogP contribution in [0.4, 0.5) is 0 Å². The molecule has 1 N–H and O–H groups in total. The Labute approximate surface area is 214 Å². The van der Waals surface area contributed by atoms with E-state index in [2.05, 4.69) is 19.9 Å². The smallest absolute Gasteiger partial charge is 0.303 e. The van der Waals surface area contributed by atoms with Crippen molar-refractivity contribution >= 4 is 35.0 Å². The van der Waals surface area contributed by atoms with Crippen LogP contribution in [0.3, 0.4) is 0 Å². The number of aryl methyl sites for hydroxylation is 2. The van der Waals surface area contributed by atoms with Gasteiger partial charge in [0.25, 0.3) is 0 Å². The van der Waals surface area contributed by atoms with Crippen molar-refractivity contribution in [3.8, 4) is 11.5 Å². The number of carbonyl (C=O) groups excluding carboxylic acids is 1. The van der Waals surface area contributed by atoms with E-state index >= 15 is 0 Å². The Balaban J connectivity index is 0.000000448. The summed E-state index contributed by atoms with van der Waals surface area (Å²) in [6.07, 6.45) is 4.27. The second-order valence-corrected chi connectivity index (χ2v) is 8.66. The number of Topliss-reactive ketones (excluding diaryl/α,β-unsaturated/α-hetero) is 1. The van der Waals surface area contributed by atoms with Gasteiger partial charge in [-0.1, -0.05) is 75.9 Å². The molecule has 0 fully saturated rings. The third-order valence-corrected chi connectivity index (χ3v) is 5.45. The van der Waals surface area contributed by atoms with E-state index in [1.807, 2.05) is 38.1 Å². The Hall–Kier alpha value is -2.24. The number of halogens is 2. The van der Waals surface area contributed by atoms with E-state index in [1.54, 1.807) is 6.07 Å². The summed E-state index contributed by atoms with van der Waals surface area (Å²) in [4.78, 5) is 19.6. The zero-order valence-corrected chi connectivity index (χ0v) is 22.6. The van der Waals surface area contributed by atoms with Gasteiger partial charge in [0.1, 0.15) is 5.78 Å². The van der Waals surface area contributed by atoms with Crippen molar-refractivity contribution in [3.05, 3.63) is 57.6 Å². The Morgan fingerprint density at radius 3 is 1.94 bits per heavy atom. The van der Waals surface area contributed by atoms with Crippen LogP contribution in [0.15, 0.2) is 36.4 Å². The van der Waals surface area contributed by atoms with Crippen LogP contribution in [0.5, 0.6) is 11.5 Å². The maximum Gasteiger partial charge on any atom is 0.303 e. The number of hydrogen-bond acceptors (Lipinski definition) is 4. The van der Waals surface area contributed by atoms with E-state index in [9.17, 15) is 9.59 Å². The number of hydrogen-bond donors (Lipinski definition) is 1. The average Bonchev–Trinajstić information content (AvgIpc) is 3.25. The number of carbonyl (C=O) groups is 2. The fourth-order valence-corrected chi connectivity index (χ4v) is 3.34. The number of aliphatic carboxylic acids is 1. The number of benzene rings is 2. The molecule has 0 atom stereocenters. The summed E-state index contributed by atoms with van der Waals surface area (Å²) < 4.78 is 10.4. The van der Waals surface area contributed by atoms with E-state index in [0.717, 1.165) is 47.8 Å². The van der Waals surface area contributed by atoms with Gasteiger partial charge >= 0.3 is 5.97 Å². The van der Waals surface area contributed by atoms with Gasteiger partial charge in [-0.2, -0.15) is 0 Å². The lowest BCUT2D eigenvalue weighted by molar-refractivity contribution is -0.138. The maximum absolute atomic E-state index is 10.1. The van der Waals surface area contributed by atoms with Gasteiger partial charge in [-0.3, -0.25) is 4.79 Å². The van der Waals surface area contributed by atoms with E-state index in [0.29, 0.717) is 24.2 Å². The molecule has 1 aliphatic heterocycles. The Kier molecular flexibility index (Phi) is 16.9. The zero-order chi connectivity index (χ0) is 26.1. The minimum atomic E-state index is -0.677. The molecule has 2 aromatic carbocycles. The van der Waals surface area contributed by atoms with Crippen LogP contribution in [0.1, 0.15) is 71.9 Å². The summed E-state index contributed by atoms with van der Waals surface area (Å²) in [5.74, 6) is 1.61. The molecule has 0 radical (unpaired) electrons. The molecule has 0 bridgehead atoms. The van der Waals surface area contributed by atoms with Gasteiger partial charge < -0.3 is 19.4 Å². The largest absolute Gasteiger partial charge is 0.481 e. The first-order valence-electron chi connectivity index (χ1n) is 11.6. The lowest BCUT2D eigenvalue weighted by Crippen LogP contribution is -2.05. The fraction of sp³-hybridized carbons (Fsp3) is 0.481. The van der Waals surface area contributed by atoms with Crippen molar-refractivity contribution in [1.29, 1.82) is 0 Å². The third-order valence-electron chi connectivity index (χ3n) is 4.86. The van der Waals surface area contributed by atoms with Crippen molar-refractivity contribution < 1.29 is 24.2 Å². The molecule has 0 saturated heterocycles. The molecule has 0 aromatic heterocycles. The zero-order valence-electron chi connectivity index (χ0n) is 21.1. The van der Waals surface area contributed by atoms with Crippen LogP contribution in [0, 0.1) is 5.92 Å². The summed E-state index contributed by atoms with van der Waals surface area (Å²) in [5.41, 5.74) is 2.43. The van der Waals surface area contributed by atoms with Crippen LogP contribution >= 0.6 is 23.2 Å². The highest BCUT2D eigenvalue weighted by atomic mass is 35.5. The summed E-state index contributed by atoms with van der Waals surface area (Å²) in [7, 11) is 0. The molecule has 5 nitrogen and oxygen atoms in total. The molecule has 0 amide bonds. The van der Waals surface area contributed by atoms with E-state index in [-0.39, 0.29) is 5.78 Å². The van der Waals surface area contributed by atoms with Crippen LogP contribution in [-0.2, 0) is 22.4 Å². The number of rotatable bonds is 6. The number of ether oxygens (including phenoxy) is 2. The van der Waals surface area contributed by atoms with Crippen molar-refractivity contribution in [2.45, 2.75) is 73.6 Å². The van der Waals surface area contributed by atoms with Gasteiger partial charge in [0.15, 0.2) is 11.5 Å². The highest BCUT2D eigenvalue weighted by Gasteiger charge is 2.12. The quantitative estimate of drug-likeness (QED) is 0.423. The van der Waals surface area contributed by atoms with Crippen LogP contribution in [0.25, 0.3) is 0 Å². The molecule has 190 valence electrons. The van der Waals surface area contributed by atoms with Gasteiger partial charge in [-0.15, -0.1) is 0 Å². The number of carboxylic acids is 1. The summed E-state index contributed by atoms with van der Waals surface area (Å²) in [5, 5.41) is 9.80. The van der Waals surface area contributed by atoms with Gasteiger partial charge in [-0.25, -0.2) is 0 Å². The Morgan fingerprint density at radius 1 is 0.912 bits per heavy atom. The number of fused-ring (bicyclic) bond motifs is 1. The second kappa shape index (κ2) is 18.1. The summed E-state index contributed by atoms with van der Waals surface area (Å²) in [6, 6.07) is 11.6. The summed E-state index contributed by atoms with van der Waals surface area (Å²) >= 11 is 11.5. The lowest BCUT2D eigenvalue weighted by Gasteiger charge is -2.06. The molecule has 1 heterocycles. The SMILES string of the molecule is CC(C)=O.CCC(CC)CC(=O)O.CCc1ccc(Cl)cc1Cl.CCc1ccc2c(c1)OCO2. The normalized spacial score (nSPS) is 10.7. The average molecular weight is 514 g/mol. The van der Waals surface area contributed by atoms with Gasteiger partial charge in [-0.05, 0) is 68.0 Å². The van der Waals surface area contributed by atoms with Gasteiger partial charge in [0.2, 0.25) is 6.79 Å². The van der Waals surface area contributed by atoms with Crippen LogP contribution < -0.4 is 9.47 Å². The lowest BCUT2D eigenvalue weighted by atomic mass is 10.00. The molecule has 1 aliphatic rings. The van der Waals surface area contributed by atoms with Crippen LogP contribution in [0.2, 0.25) is 10.0 Å². The first-order valence-corrected chi connectivity index (χ1v) is 12.3. The third kappa shape index (κ3) is 14.1. The minimum Gasteiger partial charge on any atom is -0.481 e. The van der Waals surface area contributed by atoms with Crippen molar-refractivity contribution in [2.24, 2.45) is 5.92 Å². The first kappa shape index (κ1) is 31.8. The predicted octanol–water partition coefficient (Wildman–Crippen LogP) is 8.03. The molecule has 0 aliphatic carbocycles. The first-order chi connectivity index (χ1) is 16.1. The molecular weight excluding hydrogens is 475 g/mol. The highest BCUT2D eigenvalue weighted by Crippen LogP contribution is 2.32. The molecule has 34 heavy (non-hydrogen) atoms. The van der Waals surface area contributed by atoms with Crippen molar-refractivity contribution in [1.82, 2.24) is 0 Å². The Bertz CT molecular complexity index is 875. The molecular formula is C27H38Cl2O5. The fourth-order valence-electron chi connectivity index (χ4n) is 2.79. The van der Waals surface area contributed by atoms with Crippen molar-refractivity contribution in [2.75, 3.05) is 6.79 Å². The molecule has 0 unspecified atom stereocenters. The minimum absolute atomic E-state index is 0.167. The topological polar surface area (TPSA) is 72.8 Å². The molecule has 2 aromatic rings. The maximum atomic E-state index is 10.1. The Morgan fingerprint density at radius 2 is 1.50 bits per heavy atom. The molecule has 0 spiro atoms. The molecule has 3 rings (SSSR count). The molecule has 0 saturated carbocycles. The standard InChI is InChI=1S/C9H10O2.C8H8Cl2.C7H14O2.C3H6O/c1-2-7-3-4-8-9(5-7)11-6-10-8;1-2-6-3-4-7(9)5-8(6)10;1-3-6(4-2)5-7(8)9;1-3(2)4/h3-5H,2,6H2,1H3;3-5H,2H2,1H3;6H,3-5H2,1-2H3,(H,8,9);1-2H3. The van der Waals surface area contributed by atoms with Gasteiger partial charge in [0.05, 0.1) is 0 Å². The van der Waals surface area contributed by atoms with E-state index in [1.165, 1.54) is 19.4 Å². The monoisotopic (exact) mass is 512 g/mol. The van der Waals surface area contributed by atoms with E-state index < -0.39 is 5.97 Å². The number of ketones is 1. The number of carboxylic acid groups (broad SMARTS) is 1. The second-order valence-electron chi connectivity index (χ2n) is 7.82. The molecule has 7 heteroatoms. The van der Waals surface area contributed by atoms with Crippen molar-refractivity contribution in [3.63, 3.8) is 0 Å². The van der Waals surface area contributed by atoms with Crippen LogP contribution in [-0.4, -0.2) is 23.7 Å². The highest BCUT2D eigenvalue weighted by molar-refractivity contribution is 6.35. The summed E-state index contributed by atoms with van der Waals surface area (Å²) in [6.45, 7) is 11.7.